The molecule has 0 fully saturated rings. The molecule has 0 unspecified atom stereocenters. The first-order chi connectivity index (χ1) is 14.9. The van der Waals surface area contributed by atoms with Crippen molar-refractivity contribution in [1.82, 2.24) is 4.98 Å². The minimum Gasteiger partial charge on any atom is -0.493 e. The van der Waals surface area contributed by atoms with Crippen molar-refractivity contribution >= 4 is 17.3 Å². The highest BCUT2D eigenvalue weighted by Gasteiger charge is 2.23. The zero-order chi connectivity index (χ0) is 22.0. The summed E-state index contributed by atoms with van der Waals surface area (Å²) in [5, 5.41) is 9.37. The summed E-state index contributed by atoms with van der Waals surface area (Å²) < 4.78 is 33.1. The molecule has 0 aliphatic carbocycles. The van der Waals surface area contributed by atoms with Crippen molar-refractivity contribution in [3.05, 3.63) is 83.2 Å². The number of benzene rings is 2. The van der Waals surface area contributed by atoms with Gasteiger partial charge in [0, 0.05) is 42.9 Å². The van der Waals surface area contributed by atoms with Gasteiger partial charge in [-0.1, -0.05) is 6.07 Å². The molecule has 1 aromatic heterocycles. The van der Waals surface area contributed by atoms with E-state index >= 15 is 0 Å². The lowest BCUT2D eigenvalue weighted by atomic mass is 9.87. The van der Waals surface area contributed by atoms with E-state index in [0.717, 1.165) is 35.9 Å². The van der Waals surface area contributed by atoms with Crippen LogP contribution >= 0.6 is 0 Å². The fourth-order valence-corrected chi connectivity index (χ4v) is 4.01. The van der Waals surface area contributed by atoms with Gasteiger partial charge >= 0.3 is 5.97 Å². The molecule has 7 heteroatoms. The van der Waals surface area contributed by atoms with Crippen molar-refractivity contribution in [3.63, 3.8) is 0 Å². The zero-order valence-electron chi connectivity index (χ0n) is 17.0. The van der Waals surface area contributed by atoms with Gasteiger partial charge in [0.1, 0.15) is 17.4 Å². The summed E-state index contributed by atoms with van der Waals surface area (Å²) in [4.78, 5) is 17.2. The van der Waals surface area contributed by atoms with Crippen LogP contribution in [0.3, 0.4) is 0 Å². The lowest BCUT2D eigenvalue weighted by molar-refractivity contribution is 0.0695. The molecule has 2 aromatic carbocycles. The van der Waals surface area contributed by atoms with Crippen molar-refractivity contribution in [2.75, 3.05) is 18.6 Å². The largest absolute Gasteiger partial charge is 0.493 e. The van der Waals surface area contributed by atoms with E-state index < -0.39 is 17.6 Å². The Balaban J connectivity index is 1.54. The second-order valence-corrected chi connectivity index (χ2v) is 7.62. The van der Waals surface area contributed by atoms with Gasteiger partial charge < -0.3 is 14.7 Å². The van der Waals surface area contributed by atoms with Gasteiger partial charge in [-0.15, -0.1) is 0 Å². The molecule has 0 spiro atoms. The number of hydrogen-bond acceptors (Lipinski definition) is 4. The zero-order valence-corrected chi connectivity index (χ0v) is 17.0. The average Bonchev–Trinajstić information content (AvgIpc) is 2.76. The van der Waals surface area contributed by atoms with Gasteiger partial charge in [0.25, 0.3) is 0 Å². The molecule has 0 amide bonds. The van der Waals surface area contributed by atoms with Gasteiger partial charge in [-0.25, -0.2) is 13.6 Å². The average molecular weight is 424 g/mol. The number of carbonyl (C=O) groups is 1. The van der Waals surface area contributed by atoms with Crippen molar-refractivity contribution in [3.8, 4) is 5.75 Å². The molecule has 31 heavy (non-hydrogen) atoms. The number of anilines is 2. The number of aryl methyl sites for hydroxylation is 1. The summed E-state index contributed by atoms with van der Waals surface area (Å²) in [5.74, 6) is -1.26. The Labute approximate surface area is 178 Å². The number of carboxylic acids is 1. The molecule has 2 heterocycles. The Bertz CT molecular complexity index is 1100. The molecular formula is C24H22F2N2O3. The molecule has 5 nitrogen and oxygen atoms in total. The first kappa shape index (κ1) is 20.8. The number of fused-ring (bicyclic) bond motifs is 1. The van der Waals surface area contributed by atoms with Gasteiger partial charge in [-0.05, 0) is 60.6 Å². The normalized spacial score (nSPS) is 15.1. The molecule has 1 atom stereocenters. The standard InChI is InChI=1S/C24H22F2N2O3/c1-28(20-11-17(25)10-18(26)12-20)19-4-5-21-15(7-9-31-23(21)13-19)2-3-16-14-27-8-6-22(16)24(29)30/h4-6,8,10-15H,2-3,7,9H2,1H3,(H,29,30)/t15-/m1/s1. The smallest absolute Gasteiger partial charge is 0.336 e. The van der Waals surface area contributed by atoms with E-state index in [1.165, 1.54) is 24.4 Å². The number of nitrogens with zero attached hydrogens (tertiary/aromatic N) is 2. The second-order valence-electron chi connectivity index (χ2n) is 7.62. The maximum absolute atomic E-state index is 13.6. The number of ether oxygens (including phenoxy) is 1. The van der Waals surface area contributed by atoms with E-state index in [1.54, 1.807) is 18.1 Å². The second kappa shape index (κ2) is 8.71. The van der Waals surface area contributed by atoms with E-state index in [1.807, 2.05) is 18.2 Å². The SMILES string of the molecule is CN(c1cc(F)cc(F)c1)c1ccc2c(c1)OCC[C@H]2CCc1cnccc1C(=O)O. The Morgan fingerprint density at radius 1 is 1.16 bits per heavy atom. The summed E-state index contributed by atoms with van der Waals surface area (Å²) in [6.07, 6.45) is 5.30. The number of hydrogen-bond donors (Lipinski definition) is 1. The van der Waals surface area contributed by atoms with E-state index in [4.69, 9.17) is 4.74 Å². The van der Waals surface area contributed by atoms with Gasteiger partial charge in [0.15, 0.2) is 0 Å². The molecule has 3 aromatic rings. The lowest BCUT2D eigenvalue weighted by Crippen LogP contribution is -2.17. The van der Waals surface area contributed by atoms with Crippen LogP contribution in [0.25, 0.3) is 0 Å². The maximum Gasteiger partial charge on any atom is 0.336 e. The van der Waals surface area contributed by atoms with Crippen LogP contribution in [0.15, 0.2) is 54.9 Å². The predicted octanol–water partition coefficient (Wildman–Crippen LogP) is 5.32. The number of aromatic carboxylic acids is 1. The van der Waals surface area contributed by atoms with Crippen LogP contribution < -0.4 is 9.64 Å². The summed E-state index contributed by atoms with van der Waals surface area (Å²) >= 11 is 0. The third-order valence-electron chi connectivity index (χ3n) is 5.68. The number of rotatable bonds is 6. The van der Waals surface area contributed by atoms with Crippen molar-refractivity contribution in [2.24, 2.45) is 0 Å². The van der Waals surface area contributed by atoms with Crippen molar-refractivity contribution in [1.29, 1.82) is 0 Å². The third-order valence-corrected chi connectivity index (χ3v) is 5.68. The fourth-order valence-electron chi connectivity index (χ4n) is 4.01. The van der Waals surface area contributed by atoms with Crippen LogP contribution in [-0.4, -0.2) is 29.7 Å². The molecule has 1 aliphatic rings. The molecule has 0 saturated heterocycles. The topological polar surface area (TPSA) is 62.7 Å². The van der Waals surface area contributed by atoms with E-state index in [-0.39, 0.29) is 11.5 Å². The molecule has 0 bridgehead atoms. The van der Waals surface area contributed by atoms with Gasteiger partial charge in [0.2, 0.25) is 0 Å². The Morgan fingerprint density at radius 3 is 2.68 bits per heavy atom. The molecule has 160 valence electrons. The minimum absolute atomic E-state index is 0.219. The monoisotopic (exact) mass is 424 g/mol. The van der Waals surface area contributed by atoms with E-state index in [2.05, 4.69) is 4.98 Å². The molecule has 0 saturated carbocycles. The van der Waals surface area contributed by atoms with Gasteiger partial charge in [-0.2, -0.15) is 0 Å². The maximum atomic E-state index is 13.6. The highest BCUT2D eigenvalue weighted by Crippen LogP contribution is 2.39. The highest BCUT2D eigenvalue weighted by molar-refractivity contribution is 5.89. The Kier molecular flexibility index (Phi) is 5.84. The summed E-state index contributed by atoms with van der Waals surface area (Å²) in [5.41, 5.74) is 3.20. The Hall–Kier alpha value is -3.48. The van der Waals surface area contributed by atoms with Crippen molar-refractivity contribution < 1.29 is 23.4 Å². The minimum atomic E-state index is -0.953. The van der Waals surface area contributed by atoms with Gasteiger partial charge in [-0.3, -0.25) is 4.98 Å². The van der Waals surface area contributed by atoms with Crippen LogP contribution in [0.1, 0.15) is 40.2 Å². The van der Waals surface area contributed by atoms with Crippen LogP contribution in [0.2, 0.25) is 0 Å². The third kappa shape index (κ3) is 4.50. The van der Waals surface area contributed by atoms with E-state index in [9.17, 15) is 18.7 Å². The Morgan fingerprint density at radius 2 is 1.94 bits per heavy atom. The van der Waals surface area contributed by atoms with Gasteiger partial charge in [0.05, 0.1) is 12.2 Å². The lowest BCUT2D eigenvalue weighted by Gasteiger charge is -2.28. The molecule has 1 aliphatic heterocycles. The molecule has 4 rings (SSSR count). The molecule has 1 N–H and O–H groups in total. The van der Waals surface area contributed by atoms with Crippen molar-refractivity contribution in [2.45, 2.75) is 25.2 Å². The first-order valence-corrected chi connectivity index (χ1v) is 10.0. The number of carboxylic acid groups (broad SMARTS) is 1. The van der Waals surface area contributed by atoms with Crippen LogP contribution in [0.5, 0.6) is 5.75 Å². The fraction of sp³-hybridized carbons (Fsp3) is 0.250. The molecule has 0 radical (unpaired) electrons. The molecular weight excluding hydrogens is 402 g/mol. The predicted molar refractivity (Wildman–Crippen MR) is 113 cm³/mol. The summed E-state index contributed by atoms with van der Waals surface area (Å²) in [6.45, 7) is 0.554. The number of pyridine rings is 1. The van der Waals surface area contributed by atoms with E-state index in [0.29, 0.717) is 24.3 Å². The van der Waals surface area contributed by atoms with Crippen LogP contribution in [-0.2, 0) is 6.42 Å². The summed E-state index contributed by atoms with van der Waals surface area (Å²) in [7, 11) is 1.74. The summed E-state index contributed by atoms with van der Waals surface area (Å²) in [6, 6.07) is 10.7. The quantitative estimate of drug-likeness (QED) is 0.580. The first-order valence-electron chi connectivity index (χ1n) is 10.0. The number of halogens is 2. The number of aromatic nitrogens is 1. The highest BCUT2D eigenvalue weighted by atomic mass is 19.1. The van der Waals surface area contributed by atoms with Crippen LogP contribution in [0, 0.1) is 11.6 Å². The van der Waals surface area contributed by atoms with Crippen LogP contribution in [0.4, 0.5) is 20.2 Å².